The first-order valence-electron chi connectivity index (χ1n) is 9.32. The number of thiazole rings is 1. The van der Waals surface area contributed by atoms with E-state index in [1.54, 1.807) is 7.05 Å². The van der Waals surface area contributed by atoms with E-state index in [4.69, 9.17) is 4.74 Å². The van der Waals surface area contributed by atoms with E-state index < -0.39 is 0 Å². The predicted molar refractivity (Wildman–Crippen MR) is 113 cm³/mol. The SMILES string of the molecule is CCc1cccc(-c2csc(OCc3c(C)cccc3-n3nnn(C)c3=O)n2)c1. The minimum Gasteiger partial charge on any atom is -0.465 e. The van der Waals surface area contributed by atoms with Crippen molar-refractivity contribution in [3.63, 3.8) is 0 Å². The summed E-state index contributed by atoms with van der Waals surface area (Å²) >= 11 is 1.46. The van der Waals surface area contributed by atoms with Gasteiger partial charge >= 0.3 is 5.69 Å². The van der Waals surface area contributed by atoms with Gasteiger partial charge in [0.25, 0.3) is 5.19 Å². The summed E-state index contributed by atoms with van der Waals surface area (Å²) in [7, 11) is 1.57. The van der Waals surface area contributed by atoms with Crippen molar-refractivity contribution in [3.8, 4) is 22.1 Å². The Kier molecular flexibility index (Phi) is 5.26. The lowest BCUT2D eigenvalue weighted by atomic mass is 10.1. The second-order valence-corrected chi connectivity index (χ2v) is 7.53. The van der Waals surface area contributed by atoms with Crippen molar-refractivity contribution in [2.75, 3.05) is 0 Å². The number of tetrazole rings is 1. The molecular weight excluding hydrogens is 386 g/mol. The lowest BCUT2D eigenvalue weighted by Crippen LogP contribution is -2.23. The summed E-state index contributed by atoms with van der Waals surface area (Å²) in [6.45, 7) is 4.40. The molecule has 0 N–H and O–H groups in total. The molecule has 2 aromatic heterocycles. The summed E-state index contributed by atoms with van der Waals surface area (Å²) in [6, 6.07) is 14.1. The molecule has 0 aliphatic heterocycles. The molecule has 0 aliphatic rings. The zero-order valence-electron chi connectivity index (χ0n) is 16.5. The standard InChI is InChI=1S/C21H21N5O2S/c1-4-15-8-6-9-16(11-15)18-13-29-20(22-18)28-12-17-14(2)7-5-10-19(17)26-21(27)25(3)23-24-26/h5-11,13H,4,12H2,1-3H3. The highest BCUT2D eigenvalue weighted by Gasteiger charge is 2.14. The highest BCUT2D eigenvalue weighted by atomic mass is 32.1. The Labute approximate surface area is 172 Å². The Balaban J connectivity index is 1.58. The molecule has 0 radical (unpaired) electrons. The molecule has 4 aromatic rings. The molecule has 0 amide bonds. The lowest BCUT2D eigenvalue weighted by Gasteiger charge is -2.11. The van der Waals surface area contributed by atoms with Crippen molar-refractivity contribution in [1.29, 1.82) is 0 Å². The van der Waals surface area contributed by atoms with Crippen molar-refractivity contribution < 1.29 is 4.74 Å². The molecule has 0 saturated heterocycles. The van der Waals surface area contributed by atoms with Gasteiger partial charge in [0.15, 0.2) is 0 Å². The molecule has 2 aromatic carbocycles. The van der Waals surface area contributed by atoms with E-state index in [0.29, 0.717) is 10.9 Å². The van der Waals surface area contributed by atoms with Crippen LogP contribution in [0.5, 0.6) is 5.19 Å². The zero-order valence-corrected chi connectivity index (χ0v) is 17.3. The maximum Gasteiger partial charge on any atom is 0.368 e. The number of hydrogen-bond acceptors (Lipinski definition) is 6. The van der Waals surface area contributed by atoms with Gasteiger partial charge in [0, 0.05) is 23.6 Å². The first-order chi connectivity index (χ1) is 14.1. The number of aryl methyl sites for hydroxylation is 3. The molecule has 0 spiro atoms. The molecular formula is C21H21N5O2S. The summed E-state index contributed by atoms with van der Waals surface area (Å²) in [5.41, 5.74) is 5.50. The second kappa shape index (κ2) is 8.00. The maximum absolute atomic E-state index is 12.3. The minimum absolute atomic E-state index is 0.285. The average molecular weight is 407 g/mol. The van der Waals surface area contributed by atoms with Crippen LogP contribution in [-0.4, -0.2) is 24.8 Å². The monoisotopic (exact) mass is 407 g/mol. The van der Waals surface area contributed by atoms with E-state index in [1.165, 1.54) is 26.3 Å². The Morgan fingerprint density at radius 2 is 1.97 bits per heavy atom. The second-order valence-electron chi connectivity index (χ2n) is 6.71. The third kappa shape index (κ3) is 3.84. The quantitative estimate of drug-likeness (QED) is 0.489. The number of rotatable bonds is 6. The average Bonchev–Trinajstić information content (AvgIpc) is 3.34. The van der Waals surface area contributed by atoms with Crippen molar-refractivity contribution in [2.45, 2.75) is 26.9 Å². The van der Waals surface area contributed by atoms with Gasteiger partial charge in [-0.1, -0.05) is 48.6 Å². The fraction of sp³-hybridized carbons (Fsp3) is 0.238. The third-order valence-electron chi connectivity index (χ3n) is 4.79. The molecule has 0 atom stereocenters. The van der Waals surface area contributed by atoms with Crippen LogP contribution >= 0.6 is 11.3 Å². The van der Waals surface area contributed by atoms with Crippen LogP contribution in [0.25, 0.3) is 16.9 Å². The molecule has 0 fully saturated rings. The summed E-state index contributed by atoms with van der Waals surface area (Å²) in [6.07, 6.45) is 0.985. The number of nitrogens with zero attached hydrogens (tertiary/aromatic N) is 5. The van der Waals surface area contributed by atoms with E-state index in [9.17, 15) is 4.79 Å². The molecule has 29 heavy (non-hydrogen) atoms. The van der Waals surface area contributed by atoms with Gasteiger partial charge < -0.3 is 4.74 Å². The van der Waals surface area contributed by atoms with Crippen LogP contribution < -0.4 is 10.4 Å². The van der Waals surface area contributed by atoms with Gasteiger partial charge in [-0.15, -0.1) is 0 Å². The summed E-state index contributed by atoms with van der Waals surface area (Å²) in [5, 5.41) is 10.3. The van der Waals surface area contributed by atoms with Gasteiger partial charge in [-0.25, -0.2) is 9.78 Å². The van der Waals surface area contributed by atoms with Crippen LogP contribution in [0, 0.1) is 6.92 Å². The van der Waals surface area contributed by atoms with E-state index in [2.05, 4.69) is 40.5 Å². The fourth-order valence-corrected chi connectivity index (χ4v) is 3.76. The zero-order chi connectivity index (χ0) is 20.4. The highest BCUT2D eigenvalue weighted by Crippen LogP contribution is 2.28. The van der Waals surface area contributed by atoms with E-state index in [0.717, 1.165) is 28.8 Å². The Morgan fingerprint density at radius 3 is 2.72 bits per heavy atom. The van der Waals surface area contributed by atoms with Crippen LogP contribution in [0.2, 0.25) is 0 Å². The smallest absolute Gasteiger partial charge is 0.368 e. The number of aromatic nitrogens is 5. The van der Waals surface area contributed by atoms with Crippen LogP contribution in [0.4, 0.5) is 0 Å². The van der Waals surface area contributed by atoms with Crippen molar-refractivity contribution in [3.05, 3.63) is 75.0 Å². The predicted octanol–water partition coefficient (Wildman–Crippen LogP) is 3.54. The first kappa shape index (κ1) is 19.1. The molecule has 0 saturated carbocycles. The Morgan fingerprint density at radius 1 is 1.14 bits per heavy atom. The van der Waals surface area contributed by atoms with Gasteiger partial charge in [-0.2, -0.15) is 9.36 Å². The van der Waals surface area contributed by atoms with E-state index in [-0.39, 0.29) is 12.3 Å². The van der Waals surface area contributed by atoms with Crippen LogP contribution in [0.15, 0.2) is 52.6 Å². The van der Waals surface area contributed by atoms with E-state index in [1.807, 2.05) is 36.6 Å². The number of benzene rings is 2. The van der Waals surface area contributed by atoms with Crippen molar-refractivity contribution in [1.82, 2.24) is 24.8 Å². The summed E-state index contributed by atoms with van der Waals surface area (Å²) < 4.78 is 8.46. The van der Waals surface area contributed by atoms with Crippen LogP contribution in [0.1, 0.15) is 23.6 Å². The summed E-state index contributed by atoms with van der Waals surface area (Å²) in [5.74, 6) is 0. The third-order valence-corrected chi connectivity index (χ3v) is 5.54. The summed E-state index contributed by atoms with van der Waals surface area (Å²) in [4.78, 5) is 16.9. The molecule has 0 unspecified atom stereocenters. The topological polar surface area (TPSA) is 74.8 Å². The Hall–Kier alpha value is -3.26. The van der Waals surface area contributed by atoms with Crippen molar-refractivity contribution >= 4 is 11.3 Å². The minimum atomic E-state index is -0.302. The van der Waals surface area contributed by atoms with Gasteiger partial charge in [-0.3, -0.25) is 0 Å². The van der Waals surface area contributed by atoms with Crippen LogP contribution in [0.3, 0.4) is 0 Å². The first-order valence-corrected chi connectivity index (χ1v) is 10.2. The molecule has 0 aliphatic carbocycles. The largest absolute Gasteiger partial charge is 0.465 e. The highest BCUT2D eigenvalue weighted by molar-refractivity contribution is 7.11. The molecule has 4 rings (SSSR count). The Bertz CT molecular complexity index is 1210. The molecule has 2 heterocycles. The lowest BCUT2D eigenvalue weighted by molar-refractivity contribution is 0.303. The molecule has 8 heteroatoms. The molecule has 148 valence electrons. The molecule has 0 bridgehead atoms. The van der Waals surface area contributed by atoms with Gasteiger partial charge in [0.05, 0.1) is 11.4 Å². The maximum atomic E-state index is 12.3. The fourth-order valence-electron chi connectivity index (χ4n) is 3.08. The van der Waals surface area contributed by atoms with Gasteiger partial charge in [0.2, 0.25) is 0 Å². The number of hydrogen-bond donors (Lipinski definition) is 0. The van der Waals surface area contributed by atoms with Crippen LogP contribution in [-0.2, 0) is 20.1 Å². The van der Waals surface area contributed by atoms with Gasteiger partial charge in [-0.05, 0) is 47.0 Å². The molecule has 7 nitrogen and oxygen atoms in total. The van der Waals surface area contributed by atoms with E-state index >= 15 is 0 Å². The number of ether oxygens (including phenoxy) is 1. The van der Waals surface area contributed by atoms with Crippen molar-refractivity contribution in [2.24, 2.45) is 7.05 Å². The van der Waals surface area contributed by atoms with Gasteiger partial charge in [0.1, 0.15) is 6.61 Å². The normalized spacial score (nSPS) is 11.0.